The number of halogens is 4. The minimum Gasteiger partial charge on any atom is -0.494 e. The van der Waals surface area contributed by atoms with Gasteiger partial charge in [0.25, 0.3) is 0 Å². The lowest BCUT2D eigenvalue weighted by molar-refractivity contribution is -0.142. The smallest absolute Gasteiger partial charge is 0.435 e. The van der Waals surface area contributed by atoms with Gasteiger partial charge in [-0.1, -0.05) is 12.1 Å². The molecule has 3 heterocycles. The van der Waals surface area contributed by atoms with Crippen molar-refractivity contribution in [2.24, 2.45) is 0 Å². The lowest BCUT2D eigenvalue weighted by Crippen LogP contribution is -2.30. The first-order valence-corrected chi connectivity index (χ1v) is 11.3. The summed E-state index contributed by atoms with van der Waals surface area (Å²) in [5.41, 5.74) is -1.01. The van der Waals surface area contributed by atoms with Crippen LogP contribution in [0.25, 0.3) is 11.0 Å². The molecule has 1 atom stereocenters. The highest BCUT2D eigenvalue weighted by Gasteiger charge is 2.37. The van der Waals surface area contributed by atoms with Crippen LogP contribution in [0.3, 0.4) is 0 Å². The second-order valence-corrected chi connectivity index (χ2v) is 8.55. The molecule has 37 heavy (non-hydrogen) atoms. The molecule has 0 bridgehead atoms. The third-order valence-electron chi connectivity index (χ3n) is 6.47. The van der Waals surface area contributed by atoms with Gasteiger partial charge in [0.2, 0.25) is 0 Å². The van der Waals surface area contributed by atoms with Gasteiger partial charge in [-0.2, -0.15) is 18.4 Å². The molecule has 2 aromatic heterocycles. The zero-order valence-corrected chi connectivity index (χ0v) is 19.5. The van der Waals surface area contributed by atoms with Gasteiger partial charge in [-0.25, -0.2) is 14.2 Å². The summed E-state index contributed by atoms with van der Waals surface area (Å²) in [6.07, 6.45) is -2.21. The quantitative estimate of drug-likeness (QED) is 0.374. The minimum absolute atomic E-state index is 0.163. The number of hydrogen-bond acceptors (Lipinski definition) is 6. The number of para-hydroxylation sites is 2. The van der Waals surface area contributed by atoms with Gasteiger partial charge < -0.3 is 9.64 Å². The number of aromatic nitrogens is 4. The van der Waals surface area contributed by atoms with E-state index < -0.39 is 41.7 Å². The first-order chi connectivity index (χ1) is 17.7. The van der Waals surface area contributed by atoms with Crippen LogP contribution in [-0.2, 0) is 12.7 Å². The summed E-state index contributed by atoms with van der Waals surface area (Å²) in [6, 6.07) is 10.8. The average Bonchev–Trinajstić information content (AvgIpc) is 3.45. The molecule has 12 heteroatoms. The number of nitrogens with zero attached hydrogens (tertiary/aromatic N) is 6. The molecule has 1 aliphatic heterocycles. The second-order valence-electron chi connectivity index (χ2n) is 8.55. The molecule has 190 valence electrons. The molecule has 2 aromatic carbocycles. The molecular formula is C25H20F4N6O2. The summed E-state index contributed by atoms with van der Waals surface area (Å²) in [6.45, 7) is 0.129. The molecule has 1 saturated heterocycles. The van der Waals surface area contributed by atoms with Gasteiger partial charge in [-0.15, -0.1) is 0 Å². The van der Waals surface area contributed by atoms with Crippen molar-refractivity contribution in [2.45, 2.75) is 25.2 Å². The number of hydrogen-bond donors (Lipinski definition) is 0. The topological polar surface area (TPSA) is 89.0 Å². The minimum atomic E-state index is -4.75. The second kappa shape index (κ2) is 9.24. The van der Waals surface area contributed by atoms with Gasteiger partial charge >= 0.3 is 11.9 Å². The molecule has 5 rings (SSSR count). The normalized spacial score (nSPS) is 15.8. The van der Waals surface area contributed by atoms with E-state index in [1.54, 1.807) is 23.1 Å². The Morgan fingerprint density at radius 1 is 1.16 bits per heavy atom. The van der Waals surface area contributed by atoms with Crippen molar-refractivity contribution >= 4 is 16.7 Å². The van der Waals surface area contributed by atoms with Crippen LogP contribution in [-0.4, -0.2) is 39.3 Å². The maximum absolute atomic E-state index is 14.6. The Labute approximate surface area is 208 Å². The average molecular weight is 512 g/mol. The Morgan fingerprint density at radius 2 is 1.92 bits per heavy atom. The molecule has 0 aliphatic carbocycles. The van der Waals surface area contributed by atoms with E-state index in [-0.39, 0.29) is 17.8 Å². The lowest BCUT2D eigenvalue weighted by Gasteiger charge is -2.21. The van der Waals surface area contributed by atoms with Crippen LogP contribution in [0.4, 0.5) is 23.2 Å². The SMILES string of the molecule is COc1cccc2c1n(Cc1nccnc1C(F)(F)F)c(=O)n2C1CCN(c2c(F)cccc2C#N)C1. The number of alkyl halides is 3. The maximum Gasteiger partial charge on any atom is 0.435 e. The van der Waals surface area contributed by atoms with Crippen LogP contribution in [0.15, 0.2) is 53.6 Å². The molecular weight excluding hydrogens is 492 g/mol. The van der Waals surface area contributed by atoms with Gasteiger partial charge in [-0.05, 0) is 30.7 Å². The first kappa shape index (κ1) is 24.3. The van der Waals surface area contributed by atoms with Crippen molar-refractivity contribution in [3.05, 3.63) is 82.0 Å². The summed E-state index contributed by atoms with van der Waals surface area (Å²) in [5.74, 6) is -0.236. The van der Waals surface area contributed by atoms with Crippen LogP contribution in [0.2, 0.25) is 0 Å². The highest BCUT2D eigenvalue weighted by atomic mass is 19.4. The number of nitriles is 1. The number of rotatable bonds is 5. The van der Waals surface area contributed by atoms with Gasteiger partial charge in [0, 0.05) is 25.5 Å². The molecule has 0 radical (unpaired) electrons. The fourth-order valence-electron chi connectivity index (χ4n) is 4.92. The van der Waals surface area contributed by atoms with Crippen molar-refractivity contribution in [2.75, 3.05) is 25.1 Å². The molecule has 1 unspecified atom stereocenters. The fourth-order valence-corrected chi connectivity index (χ4v) is 4.92. The Morgan fingerprint density at radius 3 is 2.65 bits per heavy atom. The monoisotopic (exact) mass is 512 g/mol. The third kappa shape index (κ3) is 4.16. The zero-order chi connectivity index (χ0) is 26.3. The number of anilines is 1. The van der Waals surface area contributed by atoms with Crippen LogP contribution in [0.5, 0.6) is 5.75 Å². The lowest BCUT2D eigenvalue weighted by atomic mass is 10.1. The van der Waals surface area contributed by atoms with Crippen molar-refractivity contribution in [1.29, 1.82) is 5.26 Å². The van der Waals surface area contributed by atoms with Gasteiger partial charge in [0.15, 0.2) is 5.69 Å². The predicted octanol–water partition coefficient (Wildman–Crippen LogP) is 4.13. The van der Waals surface area contributed by atoms with E-state index in [0.717, 1.165) is 12.4 Å². The number of imidazole rings is 1. The molecule has 0 amide bonds. The van der Waals surface area contributed by atoms with Crippen molar-refractivity contribution in [3.63, 3.8) is 0 Å². The van der Waals surface area contributed by atoms with Gasteiger partial charge in [-0.3, -0.25) is 14.1 Å². The molecule has 4 aromatic rings. The predicted molar refractivity (Wildman–Crippen MR) is 126 cm³/mol. The third-order valence-corrected chi connectivity index (χ3v) is 6.47. The summed E-state index contributed by atoms with van der Waals surface area (Å²) < 4.78 is 63.5. The number of fused-ring (bicyclic) bond motifs is 1. The van der Waals surface area contributed by atoms with Crippen LogP contribution < -0.4 is 15.3 Å². The van der Waals surface area contributed by atoms with E-state index in [1.807, 2.05) is 6.07 Å². The van der Waals surface area contributed by atoms with Crippen LogP contribution in [0.1, 0.15) is 29.4 Å². The van der Waals surface area contributed by atoms with Crippen molar-refractivity contribution < 1.29 is 22.3 Å². The van der Waals surface area contributed by atoms with E-state index in [0.29, 0.717) is 29.7 Å². The van der Waals surface area contributed by atoms with E-state index >= 15 is 0 Å². The molecule has 1 aliphatic rings. The van der Waals surface area contributed by atoms with E-state index in [1.165, 1.54) is 34.4 Å². The molecule has 1 fully saturated rings. The number of methoxy groups -OCH3 is 1. The Kier molecular flexibility index (Phi) is 6.07. The zero-order valence-electron chi connectivity index (χ0n) is 19.5. The van der Waals surface area contributed by atoms with Gasteiger partial charge in [0.1, 0.15) is 23.2 Å². The Bertz CT molecular complexity index is 1590. The molecule has 8 nitrogen and oxygen atoms in total. The molecule has 0 spiro atoms. The number of ether oxygens (including phenoxy) is 1. The van der Waals surface area contributed by atoms with Crippen molar-refractivity contribution in [3.8, 4) is 11.8 Å². The molecule has 0 saturated carbocycles. The highest BCUT2D eigenvalue weighted by molar-refractivity contribution is 5.83. The van der Waals surface area contributed by atoms with Crippen LogP contribution in [0, 0.1) is 17.1 Å². The van der Waals surface area contributed by atoms with Crippen LogP contribution >= 0.6 is 0 Å². The number of benzene rings is 2. The highest BCUT2D eigenvalue weighted by Crippen LogP contribution is 2.35. The van der Waals surface area contributed by atoms with Gasteiger partial charge in [0.05, 0.1) is 42.2 Å². The standard InChI is InChI=1S/C25H20F4N6O2/c1-37-20-7-3-6-19-22(20)34(14-18-23(25(27,28)29)32-10-9-31-18)24(36)35(19)16-8-11-33(13-16)21-15(12-30)4-2-5-17(21)26/h2-7,9-10,16H,8,11,13-14H2,1H3. The van der Waals surface area contributed by atoms with Crippen molar-refractivity contribution in [1.82, 2.24) is 19.1 Å². The Balaban J connectivity index is 1.61. The molecule has 0 N–H and O–H groups in total. The largest absolute Gasteiger partial charge is 0.494 e. The van der Waals surface area contributed by atoms with E-state index in [4.69, 9.17) is 4.74 Å². The summed E-state index contributed by atoms with van der Waals surface area (Å²) in [5, 5.41) is 9.45. The van der Waals surface area contributed by atoms with E-state index in [9.17, 15) is 27.6 Å². The first-order valence-electron chi connectivity index (χ1n) is 11.3. The summed E-state index contributed by atoms with van der Waals surface area (Å²) in [7, 11) is 1.41. The fraction of sp³-hybridized carbons (Fsp3) is 0.280. The summed E-state index contributed by atoms with van der Waals surface area (Å²) in [4.78, 5) is 22.7. The summed E-state index contributed by atoms with van der Waals surface area (Å²) >= 11 is 0. The van der Waals surface area contributed by atoms with E-state index in [2.05, 4.69) is 9.97 Å². The maximum atomic E-state index is 14.6. The Hall–Kier alpha value is -4.40.